The normalized spacial score (nSPS) is 15.9. The van der Waals surface area contributed by atoms with Crippen LogP contribution in [0.2, 0.25) is 5.02 Å². The molecule has 2 aliphatic rings. The van der Waals surface area contributed by atoms with Gasteiger partial charge in [0, 0.05) is 42.1 Å². The SMILES string of the molecule is Cc1cc(Cl)ccc1Nc1cc(S(=O)(=O)NC(=O)NC2CC2)ncc1C(=O)N1CCC(c2ccc(F)cc2)CC1. The Morgan fingerprint density at radius 1 is 1.00 bits per heavy atom. The highest BCUT2D eigenvalue weighted by Gasteiger charge is 2.30. The summed E-state index contributed by atoms with van der Waals surface area (Å²) in [5.74, 6) is -0.385. The van der Waals surface area contributed by atoms with E-state index >= 15 is 0 Å². The first-order valence-electron chi connectivity index (χ1n) is 13.0. The van der Waals surface area contributed by atoms with E-state index in [-0.39, 0.29) is 34.9 Å². The molecule has 1 saturated carbocycles. The van der Waals surface area contributed by atoms with Crippen LogP contribution in [0.5, 0.6) is 0 Å². The Bertz CT molecular complexity index is 1540. The lowest BCUT2D eigenvalue weighted by Crippen LogP contribution is -2.40. The van der Waals surface area contributed by atoms with Crippen LogP contribution >= 0.6 is 11.6 Å². The second-order valence-electron chi connectivity index (χ2n) is 10.1. The van der Waals surface area contributed by atoms with Crippen LogP contribution in [-0.4, -0.2) is 49.4 Å². The third-order valence-corrected chi connectivity index (χ3v) is 8.57. The summed E-state index contributed by atoms with van der Waals surface area (Å²) in [6, 6.07) is 12.0. The zero-order chi connectivity index (χ0) is 28.4. The number of piperidine rings is 1. The molecular formula is C28H29ClFN5O4S. The van der Waals surface area contributed by atoms with Gasteiger partial charge in [0.05, 0.1) is 11.3 Å². The molecule has 1 saturated heterocycles. The van der Waals surface area contributed by atoms with Crippen molar-refractivity contribution in [1.29, 1.82) is 0 Å². The number of amides is 3. The second-order valence-corrected chi connectivity index (χ2v) is 12.2. The molecule has 2 aromatic carbocycles. The molecule has 0 bridgehead atoms. The van der Waals surface area contributed by atoms with Crippen LogP contribution in [0, 0.1) is 12.7 Å². The highest BCUT2D eigenvalue weighted by molar-refractivity contribution is 7.90. The zero-order valence-corrected chi connectivity index (χ0v) is 23.4. The van der Waals surface area contributed by atoms with Gasteiger partial charge < -0.3 is 15.5 Å². The Hall–Kier alpha value is -3.70. The number of nitrogens with one attached hydrogen (secondary N) is 3. The van der Waals surface area contributed by atoms with E-state index < -0.39 is 21.1 Å². The molecule has 0 spiro atoms. The summed E-state index contributed by atoms with van der Waals surface area (Å²) in [6.45, 7) is 2.78. The monoisotopic (exact) mass is 585 g/mol. The molecule has 1 aromatic heterocycles. The van der Waals surface area contributed by atoms with Gasteiger partial charge in [0.15, 0.2) is 5.03 Å². The average Bonchev–Trinajstić information content (AvgIpc) is 3.74. The third-order valence-electron chi connectivity index (χ3n) is 7.11. The first-order valence-corrected chi connectivity index (χ1v) is 14.9. The van der Waals surface area contributed by atoms with Gasteiger partial charge in [0.1, 0.15) is 5.82 Å². The summed E-state index contributed by atoms with van der Waals surface area (Å²) in [5.41, 5.74) is 2.87. The molecule has 2 heterocycles. The number of carbonyl (C=O) groups excluding carboxylic acids is 2. The Labute approximate surface area is 237 Å². The molecule has 1 aliphatic carbocycles. The maximum absolute atomic E-state index is 13.7. The van der Waals surface area contributed by atoms with Crippen molar-refractivity contribution < 1.29 is 22.4 Å². The molecule has 9 nitrogen and oxygen atoms in total. The number of hydrogen-bond donors (Lipinski definition) is 3. The standard InChI is InChI=1S/C28H29ClFN5O4S/c1-17-14-20(29)4-9-24(17)33-25-15-26(40(38,39)34-28(37)32-22-7-8-22)31-16-23(25)27(36)35-12-10-19(11-13-35)18-2-5-21(30)6-3-18/h2-6,9,14-16,19,22H,7-8,10-13H2,1H3,(H,31,33)(H2,32,34,37). The van der Waals surface area contributed by atoms with E-state index in [0.717, 1.165) is 24.0 Å². The van der Waals surface area contributed by atoms with E-state index in [4.69, 9.17) is 11.6 Å². The molecule has 0 atom stereocenters. The van der Waals surface area contributed by atoms with Crippen LogP contribution in [0.25, 0.3) is 0 Å². The predicted molar refractivity (Wildman–Crippen MR) is 150 cm³/mol. The molecule has 12 heteroatoms. The van der Waals surface area contributed by atoms with Crippen molar-refractivity contribution in [3.63, 3.8) is 0 Å². The molecule has 0 radical (unpaired) electrons. The Balaban J connectivity index is 1.39. The summed E-state index contributed by atoms with van der Waals surface area (Å²) >= 11 is 6.10. The van der Waals surface area contributed by atoms with Crippen LogP contribution in [0.4, 0.5) is 20.6 Å². The van der Waals surface area contributed by atoms with Crippen LogP contribution in [0.15, 0.2) is 59.8 Å². The molecule has 0 unspecified atom stereocenters. The van der Waals surface area contributed by atoms with Gasteiger partial charge in [-0.3, -0.25) is 4.79 Å². The number of carbonyl (C=O) groups is 2. The summed E-state index contributed by atoms with van der Waals surface area (Å²) < 4.78 is 41.2. The minimum Gasteiger partial charge on any atom is -0.355 e. The molecule has 3 N–H and O–H groups in total. The fourth-order valence-corrected chi connectivity index (χ4v) is 5.81. The summed E-state index contributed by atoms with van der Waals surface area (Å²) in [4.78, 5) is 31.5. The van der Waals surface area contributed by atoms with E-state index in [9.17, 15) is 22.4 Å². The molecule has 2 fully saturated rings. The lowest BCUT2D eigenvalue weighted by atomic mass is 9.89. The first kappa shape index (κ1) is 27.9. The molecule has 5 rings (SSSR count). The lowest BCUT2D eigenvalue weighted by molar-refractivity contribution is 0.0713. The Morgan fingerprint density at radius 2 is 1.70 bits per heavy atom. The maximum atomic E-state index is 13.7. The largest absolute Gasteiger partial charge is 0.355 e. The smallest absolute Gasteiger partial charge is 0.328 e. The third kappa shape index (κ3) is 6.53. The van der Waals surface area contributed by atoms with Crippen molar-refractivity contribution in [2.24, 2.45) is 0 Å². The molecule has 40 heavy (non-hydrogen) atoms. The average molecular weight is 586 g/mol. The van der Waals surface area contributed by atoms with Crippen molar-refractivity contribution in [3.8, 4) is 0 Å². The summed E-state index contributed by atoms with van der Waals surface area (Å²) in [5, 5.41) is 5.87. The van der Waals surface area contributed by atoms with Crippen molar-refractivity contribution in [2.45, 2.75) is 49.6 Å². The van der Waals surface area contributed by atoms with Gasteiger partial charge in [-0.1, -0.05) is 23.7 Å². The number of nitrogens with zero attached hydrogens (tertiary/aromatic N) is 2. The van der Waals surface area contributed by atoms with Gasteiger partial charge in [-0.2, -0.15) is 8.42 Å². The van der Waals surface area contributed by atoms with E-state index in [1.807, 2.05) is 11.6 Å². The Kier molecular flexibility index (Phi) is 7.95. The number of pyridine rings is 1. The number of rotatable bonds is 7. The van der Waals surface area contributed by atoms with E-state index in [2.05, 4.69) is 15.6 Å². The van der Waals surface area contributed by atoms with Crippen LogP contribution in [-0.2, 0) is 10.0 Å². The predicted octanol–water partition coefficient (Wildman–Crippen LogP) is 5.10. The molecular weight excluding hydrogens is 557 g/mol. The second kappa shape index (κ2) is 11.4. The number of aryl methyl sites for hydroxylation is 1. The molecule has 3 amide bonds. The van der Waals surface area contributed by atoms with Gasteiger partial charge >= 0.3 is 6.03 Å². The van der Waals surface area contributed by atoms with E-state index in [1.165, 1.54) is 24.4 Å². The van der Waals surface area contributed by atoms with Gasteiger partial charge in [0.25, 0.3) is 15.9 Å². The van der Waals surface area contributed by atoms with Gasteiger partial charge in [0.2, 0.25) is 0 Å². The number of urea groups is 1. The fraction of sp³-hybridized carbons (Fsp3) is 0.321. The van der Waals surface area contributed by atoms with Crippen LogP contribution in [0.3, 0.4) is 0 Å². The van der Waals surface area contributed by atoms with Crippen molar-refractivity contribution in [1.82, 2.24) is 19.9 Å². The fourth-order valence-electron chi connectivity index (χ4n) is 4.71. The first-order chi connectivity index (χ1) is 19.1. The summed E-state index contributed by atoms with van der Waals surface area (Å²) in [7, 11) is -4.30. The van der Waals surface area contributed by atoms with Gasteiger partial charge in [-0.25, -0.2) is 18.9 Å². The molecule has 3 aromatic rings. The quantitative estimate of drug-likeness (QED) is 0.355. The van der Waals surface area contributed by atoms with Crippen molar-refractivity contribution >= 4 is 44.9 Å². The highest BCUT2D eigenvalue weighted by atomic mass is 35.5. The van der Waals surface area contributed by atoms with Gasteiger partial charge in [-0.15, -0.1) is 0 Å². The highest BCUT2D eigenvalue weighted by Crippen LogP contribution is 2.31. The van der Waals surface area contributed by atoms with Gasteiger partial charge in [-0.05, 0) is 80.0 Å². The summed E-state index contributed by atoms with van der Waals surface area (Å²) in [6.07, 6.45) is 4.23. The van der Waals surface area contributed by atoms with Crippen molar-refractivity contribution in [2.75, 3.05) is 18.4 Å². The Morgan fingerprint density at radius 3 is 2.35 bits per heavy atom. The minimum atomic E-state index is -4.30. The molecule has 210 valence electrons. The zero-order valence-electron chi connectivity index (χ0n) is 21.8. The minimum absolute atomic E-state index is 0.0274. The topological polar surface area (TPSA) is 121 Å². The number of anilines is 2. The van der Waals surface area contributed by atoms with Crippen molar-refractivity contribution in [3.05, 3.63) is 82.3 Å². The number of benzene rings is 2. The van der Waals surface area contributed by atoms with Crippen LogP contribution < -0.4 is 15.4 Å². The number of sulfonamides is 1. The number of halogens is 2. The maximum Gasteiger partial charge on any atom is 0.328 e. The number of hydrogen-bond acceptors (Lipinski definition) is 6. The van der Waals surface area contributed by atoms with E-state index in [0.29, 0.717) is 36.6 Å². The molecule has 1 aliphatic heterocycles. The van der Waals surface area contributed by atoms with Crippen LogP contribution in [0.1, 0.15) is 53.1 Å². The van der Waals surface area contributed by atoms with E-state index in [1.54, 1.807) is 35.2 Å². The lowest BCUT2D eigenvalue weighted by Gasteiger charge is -2.32. The number of likely N-dealkylation sites (tertiary alicyclic amines) is 1. The number of aromatic nitrogens is 1.